The number of amides is 1. The summed E-state index contributed by atoms with van der Waals surface area (Å²) in [5.41, 5.74) is 0. The minimum absolute atomic E-state index is 0.0200. The molecule has 0 heterocycles. The zero-order valence-corrected chi connectivity index (χ0v) is 15.4. The normalized spacial score (nSPS) is 12.6. The van der Waals surface area contributed by atoms with Crippen LogP contribution in [0.25, 0.3) is 0 Å². The van der Waals surface area contributed by atoms with Crippen LogP contribution in [0.4, 0.5) is 0 Å². The smallest absolute Gasteiger partial charge is 0.263 e. The van der Waals surface area contributed by atoms with Crippen LogP contribution in [0.3, 0.4) is 0 Å². The fraction of sp³-hybridized carbons (Fsp3) is 0.588. The number of hydrogen-bond donors (Lipinski definition) is 0. The van der Waals surface area contributed by atoms with Crippen molar-refractivity contribution >= 4 is 29.1 Å². The van der Waals surface area contributed by atoms with Gasteiger partial charge in [-0.2, -0.15) is 0 Å². The van der Waals surface area contributed by atoms with Gasteiger partial charge in [0.25, 0.3) is 5.91 Å². The Labute approximate surface area is 143 Å². The van der Waals surface area contributed by atoms with Crippen LogP contribution in [0.5, 0.6) is 5.75 Å². The van der Waals surface area contributed by atoms with Crippen molar-refractivity contribution in [3.8, 4) is 5.75 Å². The molecule has 1 amide bonds. The van der Waals surface area contributed by atoms with E-state index in [0.717, 1.165) is 13.1 Å². The summed E-state index contributed by atoms with van der Waals surface area (Å²) in [4.78, 5) is 14.5. The topological polar surface area (TPSA) is 29.5 Å². The third kappa shape index (κ3) is 6.05. The predicted octanol–water partition coefficient (Wildman–Crippen LogP) is 4.90. The second-order valence-corrected chi connectivity index (χ2v) is 7.21. The molecule has 0 saturated heterocycles. The summed E-state index contributed by atoms with van der Waals surface area (Å²) in [6.07, 6.45) is -0.587. The highest BCUT2D eigenvalue weighted by molar-refractivity contribution is 6.35. The average Bonchev–Trinajstić information content (AvgIpc) is 2.39. The maximum absolute atomic E-state index is 12.6. The zero-order chi connectivity index (χ0) is 16.9. The number of halogens is 2. The Bertz CT molecular complexity index is 493. The van der Waals surface area contributed by atoms with Gasteiger partial charge in [-0.1, -0.05) is 50.9 Å². The van der Waals surface area contributed by atoms with Crippen LogP contribution >= 0.6 is 23.2 Å². The first-order valence-electron chi connectivity index (χ1n) is 7.61. The van der Waals surface area contributed by atoms with E-state index in [1.165, 1.54) is 0 Å². The zero-order valence-electron chi connectivity index (χ0n) is 13.9. The highest BCUT2D eigenvalue weighted by Crippen LogP contribution is 2.28. The van der Waals surface area contributed by atoms with Gasteiger partial charge in [0.1, 0.15) is 5.75 Å². The van der Waals surface area contributed by atoms with Gasteiger partial charge in [-0.25, -0.2) is 0 Å². The summed E-state index contributed by atoms with van der Waals surface area (Å²) in [7, 11) is 0. The molecule has 1 aromatic rings. The monoisotopic (exact) mass is 345 g/mol. The number of carbonyl (C=O) groups excluding carboxylic acids is 1. The average molecular weight is 346 g/mol. The molecule has 0 spiro atoms. The van der Waals surface area contributed by atoms with Gasteiger partial charge in [-0.15, -0.1) is 0 Å². The first-order valence-corrected chi connectivity index (χ1v) is 8.36. The number of hydrogen-bond acceptors (Lipinski definition) is 2. The molecule has 0 aliphatic carbocycles. The van der Waals surface area contributed by atoms with E-state index in [1.54, 1.807) is 25.1 Å². The summed E-state index contributed by atoms with van der Waals surface area (Å²) in [6, 6.07) is 4.99. The molecule has 0 aromatic heterocycles. The quantitative estimate of drug-likeness (QED) is 0.703. The summed E-state index contributed by atoms with van der Waals surface area (Å²) in [5, 5.41) is 0.948. The number of benzene rings is 1. The van der Waals surface area contributed by atoms with Gasteiger partial charge in [0.2, 0.25) is 0 Å². The molecule has 0 saturated carbocycles. The third-order valence-electron chi connectivity index (χ3n) is 3.03. The fourth-order valence-electron chi connectivity index (χ4n) is 2.20. The van der Waals surface area contributed by atoms with Gasteiger partial charge >= 0.3 is 0 Å². The number of carbonyl (C=O) groups is 1. The summed E-state index contributed by atoms with van der Waals surface area (Å²) in [5.74, 6) is 1.28. The molecular formula is C17H25Cl2NO2. The molecule has 0 aliphatic rings. The molecule has 3 nitrogen and oxygen atoms in total. The standard InChI is InChI=1S/C17H25Cl2NO2/c1-11(2)9-20(10-12(3)4)17(21)13(5)22-16-7-6-14(18)8-15(16)19/h6-8,11-13H,9-10H2,1-5H3. The largest absolute Gasteiger partial charge is 0.479 e. The Kier molecular flexibility index (Phi) is 7.51. The molecule has 0 fully saturated rings. The molecule has 1 atom stereocenters. The van der Waals surface area contributed by atoms with Crippen LogP contribution in [0.1, 0.15) is 34.6 Å². The molecule has 0 N–H and O–H groups in total. The second-order valence-electron chi connectivity index (χ2n) is 6.37. The SMILES string of the molecule is CC(C)CN(CC(C)C)C(=O)C(C)Oc1ccc(Cl)cc1Cl. The third-order valence-corrected chi connectivity index (χ3v) is 3.56. The van der Waals surface area contributed by atoms with Crippen molar-refractivity contribution in [1.29, 1.82) is 0 Å². The molecule has 124 valence electrons. The van der Waals surface area contributed by atoms with Crippen LogP contribution in [0, 0.1) is 11.8 Å². The number of nitrogens with zero attached hydrogens (tertiary/aromatic N) is 1. The molecule has 0 bridgehead atoms. The van der Waals surface area contributed by atoms with Crippen LogP contribution in [0.2, 0.25) is 10.0 Å². The molecule has 22 heavy (non-hydrogen) atoms. The number of rotatable bonds is 7. The summed E-state index contributed by atoms with van der Waals surface area (Å²) < 4.78 is 5.72. The van der Waals surface area contributed by atoms with Crippen molar-refractivity contribution in [3.05, 3.63) is 28.2 Å². The molecule has 0 aliphatic heterocycles. The van der Waals surface area contributed by atoms with E-state index in [9.17, 15) is 4.79 Å². The van der Waals surface area contributed by atoms with Gasteiger partial charge in [-0.05, 0) is 37.0 Å². The van der Waals surface area contributed by atoms with Gasteiger partial charge in [-0.3, -0.25) is 4.79 Å². The van der Waals surface area contributed by atoms with Crippen molar-refractivity contribution in [2.24, 2.45) is 11.8 Å². The second kappa shape index (κ2) is 8.64. The Balaban J connectivity index is 2.79. The lowest BCUT2D eigenvalue weighted by atomic mass is 10.1. The highest BCUT2D eigenvalue weighted by atomic mass is 35.5. The van der Waals surface area contributed by atoms with Crippen molar-refractivity contribution in [2.75, 3.05) is 13.1 Å². The van der Waals surface area contributed by atoms with E-state index in [-0.39, 0.29) is 5.91 Å². The molecule has 1 rings (SSSR count). The van der Waals surface area contributed by atoms with Gasteiger partial charge in [0.05, 0.1) is 5.02 Å². The van der Waals surface area contributed by atoms with E-state index in [2.05, 4.69) is 27.7 Å². The first kappa shape index (κ1) is 19.1. The van der Waals surface area contributed by atoms with Crippen molar-refractivity contribution in [2.45, 2.75) is 40.7 Å². The van der Waals surface area contributed by atoms with E-state index >= 15 is 0 Å². The van der Waals surface area contributed by atoms with Crippen LogP contribution in [-0.4, -0.2) is 30.0 Å². The minimum Gasteiger partial charge on any atom is -0.479 e. The van der Waals surface area contributed by atoms with E-state index < -0.39 is 6.10 Å². The molecular weight excluding hydrogens is 321 g/mol. The van der Waals surface area contributed by atoms with Crippen molar-refractivity contribution < 1.29 is 9.53 Å². The number of ether oxygens (including phenoxy) is 1. The maximum atomic E-state index is 12.6. The van der Waals surface area contributed by atoms with Gasteiger partial charge in [0, 0.05) is 18.1 Å². The molecule has 0 radical (unpaired) electrons. The molecule has 1 aromatic carbocycles. The van der Waals surface area contributed by atoms with Crippen molar-refractivity contribution in [3.63, 3.8) is 0 Å². The van der Waals surface area contributed by atoms with E-state index in [0.29, 0.717) is 27.6 Å². The van der Waals surface area contributed by atoms with E-state index in [1.807, 2.05) is 4.90 Å². The van der Waals surface area contributed by atoms with Crippen LogP contribution in [0.15, 0.2) is 18.2 Å². The lowest BCUT2D eigenvalue weighted by molar-refractivity contribution is -0.139. The van der Waals surface area contributed by atoms with Crippen LogP contribution in [-0.2, 0) is 4.79 Å². The van der Waals surface area contributed by atoms with E-state index in [4.69, 9.17) is 27.9 Å². The van der Waals surface area contributed by atoms with Gasteiger partial charge < -0.3 is 9.64 Å². The Hall–Kier alpha value is -0.930. The Morgan fingerprint density at radius 3 is 2.09 bits per heavy atom. The van der Waals surface area contributed by atoms with Crippen LogP contribution < -0.4 is 4.74 Å². The first-order chi connectivity index (χ1) is 10.2. The minimum atomic E-state index is -0.587. The lowest BCUT2D eigenvalue weighted by Gasteiger charge is -2.29. The Morgan fingerprint density at radius 1 is 1.09 bits per heavy atom. The highest BCUT2D eigenvalue weighted by Gasteiger charge is 2.24. The van der Waals surface area contributed by atoms with Crippen molar-refractivity contribution in [1.82, 2.24) is 4.90 Å². The molecule has 1 unspecified atom stereocenters. The fourth-order valence-corrected chi connectivity index (χ4v) is 2.66. The summed E-state index contributed by atoms with van der Waals surface area (Å²) in [6.45, 7) is 11.6. The van der Waals surface area contributed by atoms with Gasteiger partial charge in [0.15, 0.2) is 6.10 Å². The lowest BCUT2D eigenvalue weighted by Crippen LogP contribution is -2.44. The Morgan fingerprint density at radius 2 is 1.64 bits per heavy atom. The maximum Gasteiger partial charge on any atom is 0.263 e. The predicted molar refractivity (Wildman–Crippen MR) is 92.8 cm³/mol. The summed E-state index contributed by atoms with van der Waals surface area (Å²) >= 11 is 12.0. The molecule has 5 heteroatoms.